The first-order valence-corrected chi connectivity index (χ1v) is 7.39. The highest BCUT2D eigenvalue weighted by molar-refractivity contribution is 9.10. The third-order valence-electron chi connectivity index (χ3n) is 2.74. The van der Waals surface area contributed by atoms with Crippen LogP contribution in [0.1, 0.15) is 12.8 Å². The van der Waals surface area contributed by atoms with E-state index in [2.05, 4.69) is 26.2 Å². The molecule has 0 aromatic carbocycles. The molecule has 0 atom stereocenters. The van der Waals surface area contributed by atoms with E-state index in [9.17, 15) is 13.5 Å². The Hall–Kier alpha value is -0.510. The molecule has 0 amide bonds. The number of halogens is 1. The summed E-state index contributed by atoms with van der Waals surface area (Å²) in [5.74, 6) is 0. The van der Waals surface area contributed by atoms with Gasteiger partial charge >= 0.3 is 0 Å². The van der Waals surface area contributed by atoms with Crippen molar-refractivity contribution in [2.75, 3.05) is 13.1 Å². The summed E-state index contributed by atoms with van der Waals surface area (Å²) in [6, 6.07) is 0. The van der Waals surface area contributed by atoms with E-state index in [1.807, 2.05) is 0 Å². The van der Waals surface area contributed by atoms with Crippen LogP contribution in [0.5, 0.6) is 0 Å². The largest absolute Gasteiger partial charge is 0.393 e. The highest BCUT2D eigenvalue weighted by Crippen LogP contribution is 2.24. The number of aliphatic hydroxyl groups is 1. The normalized spacial score (nSPS) is 19.7. The number of aromatic nitrogens is 3. The fourth-order valence-corrected chi connectivity index (χ4v) is 4.30. The van der Waals surface area contributed by atoms with E-state index in [1.165, 1.54) is 16.0 Å². The molecule has 96 valence electrons. The molecule has 1 aromatic rings. The lowest BCUT2D eigenvalue weighted by atomic mass is 10.1. The smallest absolute Gasteiger partial charge is 0.263 e. The number of nitrogens with zero attached hydrogens (tertiary/aromatic N) is 4. The van der Waals surface area contributed by atoms with Gasteiger partial charge in [0.15, 0.2) is 4.60 Å². The third kappa shape index (κ3) is 2.37. The molecule has 1 fully saturated rings. The molecule has 17 heavy (non-hydrogen) atoms. The molecule has 0 spiro atoms. The SMILES string of the molecule is Cn1nnc(Br)c1S(=O)(=O)N1CCC(O)CC1. The van der Waals surface area contributed by atoms with Gasteiger partial charge in [-0.05, 0) is 28.8 Å². The molecule has 9 heteroatoms. The number of piperidine rings is 1. The lowest BCUT2D eigenvalue weighted by Gasteiger charge is -2.28. The van der Waals surface area contributed by atoms with Crippen molar-refractivity contribution in [3.63, 3.8) is 0 Å². The lowest BCUT2D eigenvalue weighted by Crippen LogP contribution is -2.40. The van der Waals surface area contributed by atoms with Gasteiger partial charge in [0, 0.05) is 20.1 Å². The number of hydrogen-bond donors (Lipinski definition) is 1. The monoisotopic (exact) mass is 324 g/mol. The Kier molecular flexibility index (Phi) is 3.53. The van der Waals surface area contributed by atoms with Gasteiger partial charge in [-0.1, -0.05) is 5.21 Å². The fraction of sp³-hybridized carbons (Fsp3) is 0.750. The summed E-state index contributed by atoms with van der Waals surface area (Å²) in [7, 11) is -2.06. The van der Waals surface area contributed by atoms with Crippen molar-refractivity contribution >= 4 is 26.0 Å². The summed E-state index contributed by atoms with van der Waals surface area (Å²) in [5, 5.41) is 16.7. The number of aliphatic hydroxyl groups excluding tert-OH is 1. The molecule has 0 unspecified atom stereocenters. The summed E-state index contributed by atoms with van der Waals surface area (Å²) in [6.45, 7) is 0.641. The van der Waals surface area contributed by atoms with Gasteiger partial charge in [0.2, 0.25) is 5.03 Å². The third-order valence-corrected chi connectivity index (χ3v) is 5.53. The van der Waals surface area contributed by atoms with Crippen LogP contribution in [-0.2, 0) is 17.1 Å². The van der Waals surface area contributed by atoms with Gasteiger partial charge in [0.05, 0.1) is 6.10 Å². The predicted molar refractivity (Wildman–Crippen MR) is 62.7 cm³/mol. The van der Waals surface area contributed by atoms with Crippen molar-refractivity contribution in [2.45, 2.75) is 24.0 Å². The van der Waals surface area contributed by atoms with Crippen LogP contribution in [0.2, 0.25) is 0 Å². The van der Waals surface area contributed by atoms with Crippen LogP contribution in [0.3, 0.4) is 0 Å². The maximum Gasteiger partial charge on any atom is 0.263 e. The number of hydrogen-bond acceptors (Lipinski definition) is 5. The lowest BCUT2D eigenvalue weighted by molar-refractivity contribution is 0.113. The number of rotatable bonds is 2. The van der Waals surface area contributed by atoms with Gasteiger partial charge in [0.1, 0.15) is 0 Å². The van der Waals surface area contributed by atoms with Gasteiger partial charge in [-0.25, -0.2) is 13.1 Å². The van der Waals surface area contributed by atoms with E-state index in [-0.39, 0.29) is 9.63 Å². The molecular formula is C8H13BrN4O3S. The second-order valence-corrected chi connectivity index (χ2v) is 6.55. The minimum atomic E-state index is -3.59. The first-order valence-electron chi connectivity index (χ1n) is 5.16. The minimum Gasteiger partial charge on any atom is -0.393 e. The first-order chi connectivity index (χ1) is 7.93. The number of sulfonamides is 1. The van der Waals surface area contributed by atoms with Crippen LogP contribution in [0.4, 0.5) is 0 Å². The van der Waals surface area contributed by atoms with E-state index in [4.69, 9.17) is 0 Å². The summed E-state index contributed by atoms with van der Waals surface area (Å²) >= 11 is 3.08. The molecule has 1 N–H and O–H groups in total. The molecule has 0 saturated carbocycles. The van der Waals surface area contributed by atoms with Crippen molar-refractivity contribution in [1.82, 2.24) is 19.3 Å². The van der Waals surface area contributed by atoms with E-state index < -0.39 is 16.1 Å². The summed E-state index contributed by atoms with van der Waals surface area (Å²) < 4.78 is 27.4. The van der Waals surface area contributed by atoms with Crippen molar-refractivity contribution in [2.24, 2.45) is 7.05 Å². The highest BCUT2D eigenvalue weighted by Gasteiger charge is 2.33. The van der Waals surface area contributed by atoms with Crippen molar-refractivity contribution in [3.05, 3.63) is 4.60 Å². The molecule has 1 aromatic heterocycles. The zero-order chi connectivity index (χ0) is 12.6. The molecule has 0 aliphatic carbocycles. The Morgan fingerprint density at radius 3 is 2.47 bits per heavy atom. The standard InChI is InChI=1S/C8H13BrN4O3S/c1-12-8(7(9)10-11-12)17(15,16)13-4-2-6(14)3-5-13/h6,14H,2-5H2,1H3. The number of aryl methyl sites for hydroxylation is 1. The Bertz CT molecular complexity index is 487. The average Bonchev–Trinajstić information content (AvgIpc) is 2.59. The predicted octanol–water partition coefficient (Wildman–Crippen LogP) is -0.277. The second-order valence-electron chi connectivity index (χ2n) is 3.94. The topological polar surface area (TPSA) is 88.3 Å². The molecule has 1 aliphatic heterocycles. The van der Waals surface area contributed by atoms with E-state index in [0.29, 0.717) is 25.9 Å². The van der Waals surface area contributed by atoms with Crippen LogP contribution in [0.25, 0.3) is 0 Å². The van der Waals surface area contributed by atoms with Crippen molar-refractivity contribution < 1.29 is 13.5 Å². The first kappa shape index (κ1) is 12.9. The molecule has 0 bridgehead atoms. The summed E-state index contributed by atoms with van der Waals surface area (Å²) in [5.41, 5.74) is 0. The fourth-order valence-electron chi connectivity index (χ4n) is 1.80. The molecular weight excluding hydrogens is 312 g/mol. The molecule has 7 nitrogen and oxygen atoms in total. The maximum atomic E-state index is 12.3. The van der Waals surface area contributed by atoms with Crippen LogP contribution in [0.15, 0.2) is 9.63 Å². The minimum absolute atomic E-state index is 0.0499. The zero-order valence-corrected chi connectivity index (χ0v) is 11.6. The van der Waals surface area contributed by atoms with Gasteiger partial charge < -0.3 is 5.11 Å². The average molecular weight is 325 g/mol. The van der Waals surface area contributed by atoms with Crippen LogP contribution in [-0.4, -0.2) is 52.0 Å². The van der Waals surface area contributed by atoms with Gasteiger partial charge in [-0.2, -0.15) is 4.31 Å². The van der Waals surface area contributed by atoms with E-state index >= 15 is 0 Å². The van der Waals surface area contributed by atoms with E-state index in [0.717, 1.165) is 0 Å². The zero-order valence-electron chi connectivity index (χ0n) is 9.24. The van der Waals surface area contributed by atoms with Gasteiger partial charge in [-0.15, -0.1) is 5.10 Å². The molecule has 2 heterocycles. The van der Waals surface area contributed by atoms with Crippen molar-refractivity contribution in [1.29, 1.82) is 0 Å². The Balaban J connectivity index is 2.31. The Morgan fingerprint density at radius 1 is 1.41 bits per heavy atom. The summed E-state index contributed by atoms with van der Waals surface area (Å²) in [6.07, 6.45) is 0.513. The maximum absolute atomic E-state index is 12.3. The molecule has 2 rings (SSSR count). The molecule has 0 radical (unpaired) electrons. The summed E-state index contributed by atoms with van der Waals surface area (Å²) in [4.78, 5) is 0. The molecule has 1 saturated heterocycles. The highest BCUT2D eigenvalue weighted by atomic mass is 79.9. The van der Waals surface area contributed by atoms with Crippen LogP contribution < -0.4 is 0 Å². The van der Waals surface area contributed by atoms with Crippen LogP contribution in [0, 0.1) is 0 Å². The van der Waals surface area contributed by atoms with Gasteiger partial charge in [-0.3, -0.25) is 0 Å². The molecule has 1 aliphatic rings. The second kappa shape index (κ2) is 4.63. The Labute approximate surface area is 108 Å². The quantitative estimate of drug-likeness (QED) is 0.808. The Morgan fingerprint density at radius 2 is 2.00 bits per heavy atom. The van der Waals surface area contributed by atoms with E-state index in [1.54, 1.807) is 0 Å². The van der Waals surface area contributed by atoms with Gasteiger partial charge in [0.25, 0.3) is 10.0 Å². The van der Waals surface area contributed by atoms with Crippen molar-refractivity contribution in [3.8, 4) is 0 Å². The van der Waals surface area contributed by atoms with Crippen LogP contribution >= 0.6 is 15.9 Å².